The number of carbonyl (C=O) groups excluding carboxylic acids is 1. The lowest BCUT2D eigenvalue weighted by molar-refractivity contribution is 0.0950. The number of para-hydroxylation sites is 1. The Morgan fingerprint density at radius 3 is 2.53 bits per heavy atom. The summed E-state index contributed by atoms with van der Waals surface area (Å²) in [6, 6.07) is 22.3. The first-order chi connectivity index (χ1) is 14.7. The zero-order valence-corrected chi connectivity index (χ0v) is 17.2. The molecule has 2 aromatic heterocycles. The Hall–Kier alpha value is -3.73. The van der Waals surface area contributed by atoms with Gasteiger partial charge >= 0.3 is 0 Å². The van der Waals surface area contributed by atoms with Crippen molar-refractivity contribution >= 4 is 23.0 Å². The highest BCUT2D eigenvalue weighted by Gasteiger charge is 2.13. The number of nitrogens with zero attached hydrogens (tertiary/aromatic N) is 3. The van der Waals surface area contributed by atoms with Crippen LogP contribution in [-0.2, 0) is 13.0 Å². The minimum Gasteiger partial charge on any atom is -0.340 e. The molecule has 0 radical (unpaired) electrons. The van der Waals surface area contributed by atoms with Gasteiger partial charge in [0.1, 0.15) is 5.69 Å². The van der Waals surface area contributed by atoms with Crippen LogP contribution in [0.1, 0.15) is 39.8 Å². The second-order valence-corrected chi connectivity index (χ2v) is 7.19. The second-order valence-electron chi connectivity index (χ2n) is 7.19. The van der Waals surface area contributed by atoms with Crippen LogP contribution in [0.15, 0.2) is 78.0 Å². The van der Waals surface area contributed by atoms with E-state index in [1.807, 2.05) is 24.3 Å². The van der Waals surface area contributed by atoms with E-state index in [1.54, 1.807) is 18.5 Å². The van der Waals surface area contributed by atoms with Gasteiger partial charge in [-0.1, -0.05) is 61.5 Å². The molecule has 4 rings (SSSR count). The van der Waals surface area contributed by atoms with Gasteiger partial charge in [0.15, 0.2) is 0 Å². The van der Waals surface area contributed by atoms with Crippen LogP contribution in [0.2, 0.25) is 0 Å². The van der Waals surface area contributed by atoms with Crippen molar-refractivity contribution in [3.05, 3.63) is 101 Å². The zero-order chi connectivity index (χ0) is 20.9. The molecule has 0 spiro atoms. The number of aryl methyl sites for hydroxylation is 1. The molecule has 1 amide bonds. The highest BCUT2D eigenvalue weighted by Crippen LogP contribution is 2.25. The van der Waals surface area contributed by atoms with Gasteiger partial charge in [0.25, 0.3) is 5.91 Å². The Morgan fingerprint density at radius 1 is 1.03 bits per heavy atom. The van der Waals surface area contributed by atoms with Crippen LogP contribution in [0.5, 0.6) is 0 Å². The largest absolute Gasteiger partial charge is 0.340 e. The first-order valence-electron chi connectivity index (χ1n) is 10.1. The van der Waals surface area contributed by atoms with Crippen molar-refractivity contribution in [3.63, 3.8) is 0 Å². The van der Waals surface area contributed by atoms with E-state index in [-0.39, 0.29) is 5.91 Å². The zero-order valence-electron chi connectivity index (χ0n) is 17.2. The maximum Gasteiger partial charge on any atom is 0.289 e. The third-order valence-electron chi connectivity index (χ3n) is 5.29. The van der Waals surface area contributed by atoms with Crippen molar-refractivity contribution in [2.24, 2.45) is 5.10 Å². The number of amides is 1. The normalized spacial score (nSPS) is 11.3. The summed E-state index contributed by atoms with van der Waals surface area (Å²) in [6.45, 7) is 4.91. The molecule has 0 bridgehead atoms. The van der Waals surface area contributed by atoms with Crippen LogP contribution in [0.25, 0.3) is 10.9 Å². The first kappa shape index (κ1) is 19.6. The molecule has 0 fully saturated rings. The molecule has 0 aliphatic rings. The fourth-order valence-corrected chi connectivity index (χ4v) is 3.57. The second kappa shape index (κ2) is 8.74. The van der Waals surface area contributed by atoms with Gasteiger partial charge in [0, 0.05) is 34.9 Å². The summed E-state index contributed by atoms with van der Waals surface area (Å²) in [5.74, 6) is -0.320. The summed E-state index contributed by atoms with van der Waals surface area (Å²) in [5, 5.41) is 5.32. The molecular weight excluding hydrogens is 372 g/mol. The van der Waals surface area contributed by atoms with Crippen molar-refractivity contribution in [2.45, 2.75) is 26.8 Å². The molecule has 30 heavy (non-hydrogen) atoms. The molecule has 5 nitrogen and oxygen atoms in total. The molecule has 0 unspecified atom stereocenters. The van der Waals surface area contributed by atoms with Crippen molar-refractivity contribution < 1.29 is 4.79 Å². The Morgan fingerprint density at radius 2 is 1.80 bits per heavy atom. The number of hydrogen-bond donors (Lipinski definition) is 1. The van der Waals surface area contributed by atoms with Crippen molar-refractivity contribution in [2.75, 3.05) is 0 Å². The number of hydrazone groups is 1. The Kier molecular flexibility index (Phi) is 5.70. The molecule has 1 N–H and O–H groups in total. The lowest BCUT2D eigenvalue weighted by Crippen LogP contribution is -2.19. The minimum atomic E-state index is -0.320. The number of carbonyl (C=O) groups is 1. The lowest BCUT2D eigenvalue weighted by Gasteiger charge is -2.08. The van der Waals surface area contributed by atoms with Gasteiger partial charge < -0.3 is 4.57 Å². The number of pyridine rings is 1. The first-order valence-corrected chi connectivity index (χ1v) is 10.1. The number of fused-ring (bicyclic) bond motifs is 1. The number of hydrogen-bond acceptors (Lipinski definition) is 3. The Labute approximate surface area is 176 Å². The molecule has 0 aliphatic carbocycles. The van der Waals surface area contributed by atoms with Gasteiger partial charge in [-0.05, 0) is 36.6 Å². The third kappa shape index (κ3) is 4.01. The molecule has 4 aromatic rings. The van der Waals surface area contributed by atoms with E-state index in [0.717, 1.165) is 40.7 Å². The van der Waals surface area contributed by atoms with Crippen LogP contribution in [0.4, 0.5) is 0 Å². The monoisotopic (exact) mass is 396 g/mol. The van der Waals surface area contributed by atoms with Crippen molar-refractivity contribution in [1.82, 2.24) is 15.0 Å². The number of rotatable bonds is 6. The molecule has 150 valence electrons. The number of nitrogens with one attached hydrogen (secondary N) is 1. The summed E-state index contributed by atoms with van der Waals surface area (Å²) in [7, 11) is 0. The van der Waals surface area contributed by atoms with Crippen LogP contribution in [0.3, 0.4) is 0 Å². The van der Waals surface area contributed by atoms with Crippen LogP contribution < -0.4 is 5.43 Å². The lowest BCUT2D eigenvalue weighted by atomic mass is 10.1. The fourth-order valence-electron chi connectivity index (χ4n) is 3.57. The summed E-state index contributed by atoms with van der Waals surface area (Å²) >= 11 is 0. The third-order valence-corrected chi connectivity index (χ3v) is 5.29. The van der Waals surface area contributed by atoms with Crippen LogP contribution in [0, 0.1) is 6.92 Å². The summed E-state index contributed by atoms with van der Waals surface area (Å²) in [4.78, 5) is 16.5. The average Bonchev–Trinajstić information content (AvgIpc) is 3.06. The number of aromatic nitrogens is 2. The maximum atomic E-state index is 12.3. The van der Waals surface area contributed by atoms with E-state index >= 15 is 0 Å². The fraction of sp³-hybridized carbons (Fsp3) is 0.160. The Balaban J connectivity index is 1.59. The Bertz CT molecular complexity index is 1190. The maximum absolute atomic E-state index is 12.3. The van der Waals surface area contributed by atoms with E-state index in [0.29, 0.717) is 5.69 Å². The van der Waals surface area contributed by atoms with Gasteiger partial charge in [-0.2, -0.15) is 5.10 Å². The van der Waals surface area contributed by atoms with Gasteiger partial charge in [-0.15, -0.1) is 0 Å². The van der Waals surface area contributed by atoms with E-state index in [9.17, 15) is 4.79 Å². The molecule has 0 saturated heterocycles. The summed E-state index contributed by atoms with van der Waals surface area (Å²) in [5.41, 5.74) is 8.52. The van der Waals surface area contributed by atoms with Crippen molar-refractivity contribution in [3.8, 4) is 0 Å². The predicted molar refractivity (Wildman–Crippen MR) is 121 cm³/mol. The molecule has 0 aliphatic heterocycles. The quantitative estimate of drug-likeness (QED) is 0.379. The van der Waals surface area contributed by atoms with Gasteiger partial charge in [-0.3, -0.25) is 9.78 Å². The minimum absolute atomic E-state index is 0.320. The smallest absolute Gasteiger partial charge is 0.289 e. The molecule has 2 heterocycles. The van der Waals surface area contributed by atoms with Crippen LogP contribution >= 0.6 is 0 Å². The van der Waals surface area contributed by atoms with E-state index in [1.165, 1.54) is 5.56 Å². The predicted octanol–water partition coefficient (Wildman–Crippen LogP) is 4.72. The average molecular weight is 396 g/mol. The molecule has 0 saturated carbocycles. The summed E-state index contributed by atoms with van der Waals surface area (Å²) < 4.78 is 2.28. The van der Waals surface area contributed by atoms with E-state index in [4.69, 9.17) is 0 Å². The molecular formula is C25H24N4O. The highest BCUT2D eigenvalue weighted by atomic mass is 16.2. The van der Waals surface area contributed by atoms with Gasteiger partial charge in [0.05, 0.1) is 6.21 Å². The SMILES string of the molecule is CCc1ccc(C(=O)N/N=C/c2c(C)n(Cc3ccccc3)c3ccccc23)nc1. The highest BCUT2D eigenvalue weighted by molar-refractivity contribution is 6.02. The molecule has 0 atom stereocenters. The number of benzene rings is 2. The topological polar surface area (TPSA) is 59.3 Å². The standard InChI is InChI=1S/C25H24N4O/c1-3-19-13-14-23(26-15-19)25(30)28-27-16-22-18(2)29(17-20-9-5-4-6-10-20)24-12-8-7-11-21(22)24/h4-16H,3,17H2,1-2H3,(H,28,30)/b27-16+. The molecule has 2 aromatic carbocycles. The molecule has 5 heteroatoms. The van der Waals surface area contributed by atoms with E-state index in [2.05, 4.69) is 70.3 Å². The summed E-state index contributed by atoms with van der Waals surface area (Å²) in [6.07, 6.45) is 4.33. The van der Waals surface area contributed by atoms with E-state index < -0.39 is 0 Å². The van der Waals surface area contributed by atoms with Gasteiger partial charge in [0.2, 0.25) is 0 Å². The van der Waals surface area contributed by atoms with Crippen molar-refractivity contribution in [1.29, 1.82) is 0 Å². The van der Waals surface area contributed by atoms with Gasteiger partial charge in [-0.25, -0.2) is 5.43 Å². The van der Waals surface area contributed by atoms with Crippen LogP contribution in [-0.4, -0.2) is 21.7 Å².